The second-order valence-electron chi connectivity index (χ2n) is 3.69. The van der Waals surface area contributed by atoms with E-state index in [0.29, 0.717) is 6.04 Å². The first kappa shape index (κ1) is 8.57. The van der Waals surface area contributed by atoms with Crippen molar-refractivity contribution < 1.29 is 4.79 Å². The summed E-state index contributed by atoms with van der Waals surface area (Å²) < 4.78 is 0. The molecule has 1 fully saturated rings. The van der Waals surface area contributed by atoms with Crippen molar-refractivity contribution in [1.82, 2.24) is 4.90 Å². The average molecular weight is 155 g/mol. The van der Waals surface area contributed by atoms with E-state index in [-0.39, 0.29) is 5.91 Å². The number of piperidine rings is 1. The number of hydrogen-bond donors (Lipinski definition) is 0. The number of carbonyl (C=O) groups is 1. The molecule has 1 unspecified atom stereocenters. The van der Waals surface area contributed by atoms with Gasteiger partial charge in [-0.1, -0.05) is 6.92 Å². The van der Waals surface area contributed by atoms with E-state index in [4.69, 9.17) is 0 Å². The maximum absolute atomic E-state index is 11.0. The highest BCUT2D eigenvalue weighted by Gasteiger charge is 2.23. The lowest BCUT2D eigenvalue weighted by Crippen LogP contribution is -2.42. The van der Waals surface area contributed by atoms with Gasteiger partial charge >= 0.3 is 0 Å². The third kappa shape index (κ3) is 1.95. The molecule has 1 heterocycles. The summed E-state index contributed by atoms with van der Waals surface area (Å²) in [4.78, 5) is 13.0. The van der Waals surface area contributed by atoms with Crippen LogP contribution in [-0.4, -0.2) is 23.4 Å². The molecule has 11 heavy (non-hydrogen) atoms. The number of amides is 1. The Bertz CT molecular complexity index is 156. The molecular weight excluding hydrogens is 138 g/mol. The summed E-state index contributed by atoms with van der Waals surface area (Å²) in [6.07, 6.45) is 2.34. The fourth-order valence-electron chi connectivity index (χ4n) is 1.88. The smallest absolute Gasteiger partial charge is 0.219 e. The fraction of sp³-hybridized carbons (Fsp3) is 0.889. The van der Waals surface area contributed by atoms with Crippen molar-refractivity contribution in [2.75, 3.05) is 6.54 Å². The zero-order chi connectivity index (χ0) is 8.43. The van der Waals surface area contributed by atoms with Crippen LogP contribution in [0.3, 0.4) is 0 Å². The van der Waals surface area contributed by atoms with Crippen molar-refractivity contribution in [2.24, 2.45) is 5.92 Å². The number of hydrogen-bond acceptors (Lipinski definition) is 1. The standard InChI is InChI=1S/C9H17NO/c1-7-4-5-10(9(3)11)8(2)6-7/h7-8H,4-6H2,1-3H3/t7-,8?/m1/s1. The van der Waals surface area contributed by atoms with Gasteiger partial charge in [-0.05, 0) is 25.7 Å². The molecule has 1 rings (SSSR count). The zero-order valence-electron chi connectivity index (χ0n) is 7.63. The molecule has 1 saturated heterocycles. The molecule has 0 radical (unpaired) electrons. The Morgan fingerprint density at radius 1 is 1.45 bits per heavy atom. The SMILES string of the molecule is CC(=O)N1CC[C@@H](C)CC1C. The quantitative estimate of drug-likeness (QED) is 0.521. The molecule has 0 N–H and O–H groups in total. The molecule has 0 bridgehead atoms. The Balaban J connectivity index is 2.50. The number of rotatable bonds is 0. The van der Waals surface area contributed by atoms with Crippen LogP contribution >= 0.6 is 0 Å². The molecule has 0 aromatic carbocycles. The monoisotopic (exact) mass is 155 g/mol. The minimum absolute atomic E-state index is 0.226. The van der Waals surface area contributed by atoms with Gasteiger partial charge in [0.05, 0.1) is 0 Å². The molecule has 0 aromatic heterocycles. The van der Waals surface area contributed by atoms with Crippen LogP contribution in [0.4, 0.5) is 0 Å². The molecule has 2 nitrogen and oxygen atoms in total. The molecule has 64 valence electrons. The molecule has 0 aromatic rings. The van der Waals surface area contributed by atoms with E-state index in [1.165, 1.54) is 12.8 Å². The maximum atomic E-state index is 11.0. The van der Waals surface area contributed by atoms with Gasteiger partial charge in [0, 0.05) is 19.5 Å². The highest BCUT2D eigenvalue weighted by atomic mass is 16.2. The van der Waals surface area contributed by atoms with Gasteiger partial charge in [0.2, 0.25) is 5.91 Å². The zero-order valence-corrected chi connectivity index (χ0v) is 7.63. The van der Waals surface area contributed by atoms with Gasteiger partial charge in [-0.3, -0.25) is 4.79 Å². The maximum Gasteiger partial charge on any atom is 0.219 e. The van der Waals surface area contributed by atoms with Crippen LogP contribution in [0, 0.1) is 5.92 Å². The molecule has 0 aliphatic carbocycles. The van der Waals surface area contributed by atoms with E-state index in [0.717, 1.165) is 12.5 Å². The summed E-state index contributed by atoms with van der Waals surface area (Å²) in [6.45, 7) is 7.01. The Labute approximate surface area is 68.6 Å². The fourth-order valence-corrected chi connectivity index (χ4v) is 1.88. The largest absolute Gasteiger partial charge is 0.340 e. The molecule has 2 heteroatoms. The van der Waals surface area contributed by atoms with Crippen molar-refractivity contribution in [2.45, 2.75) is 39.7 Å². The summed E-state index contributed by atoms with van der Waals surface area (Å²) in [5.74, 6) is 1.02. The minimum atomic E-state index is 0.226. The normalized spacial score (nSPS) is 32.1. The number of carbonyl (C=O) groups excluding carboxylic acids is 1. The molecule has 0 saturated carbocycles. The van der Waals surface area contributed by atoms with Crippen LogP contribution in [0.1, 0.15) is 33.6 Å². The van der Waals surface area contributed by atoms with Crippen molar-refractivity contribution in [1.29, 1.82) is 0 Å². The van der Waals surface area contributed by atoms with Crippen molar-refractivity contribution in [3.8, 4) is 0 Å². The molecule has 2 atom stereocenters. The predicted octanol–water partition coefficient (Wildman–Crippen LogP) is 1.65. The van der Waals surface area contributed by atoms with E-state index in [2.05, 4.69) is 13.8 Å². The summed E-state index contributed by atoms with van der Waals surface area (Å²) in [5, 5.41) is 0. The Morgan fingerprint density at radius 3 is 2.55 bits per heavy atom. The van der Waals surface area contributed by atoms with E-state index < -0.39 is 0 Å². The van der Waals surface area contributed by atoms with Gasteiger partial charge in [0.1, 0.15) is 0 Å². The summed E-state index contributed by atoms with van der Waals surface area (Å²) in [6, 6.07) is 0.455. The summed E-state index contributed by atoms with van der Waals surface area (Å²) in [7, 11) is 0. The first-order valence-corrected chi connectivity index (χ1v) is 4.38. The first-order valence-electron chi connectivity index (χ1n) is 4.38. The minimum Gasteiger partial charge on any atom is -0.340 e. The van der Waals surface area contributed by atoms with Gasteiger partial charge in [-0.25, -0.2) is 0 Å². The molecule has 1 aliphatic heterocycles. The van der Waals surface area contributed by atoms with E-state index in [1.807, 2.05) is 4.90 Å². The third-order valence-corrected chi connectivity index (χ3v) is 2.54. The molecule has 1 amide bonds. The molecular formula is C9H17NO. The second kappa shape index (κ2) is 3.24. The number of likely N-dealkylation sites (tertiary alicyclic amines) is 1. The van der Waals surface area contributed by atoms with Crippen molar-refractivity contribution in [3.63, 3.8) is 0 Å². The molecule has 1 aliphatic rings. The van der Waals surface area contributed by atoms with Crippen LogP contribution in [0.15, 0.2) is 0 Å². The van der Waals surface area contributed by atoms with Crippen LogP contribution < -0.4 is 0 Å². The lowest BCUT2D eigenvalue weighted by molar-refractivity contribution is -0.132. The lowest BCUT2D eigenvalue weighted by atomic mass is 9.93. The van der Waals surface area contributed by atoms with E-state index in [1.54, 1.807) is 6.92 Å². The van der Waals surface area contributed by atoms with Gasteiger partial charge in [-0.2, -0.15) is 0 Å². The Morgan fingerprint density at radius 2 is 2.09 bits per heavy atom. The third-order valence-electron chi connectivity index (χ3n) is 2.54. The van der Waals surface area contributed by atoms with Crippen molar-refractivity contribution in [3.05, 3.63) is 0 Å². The van der Waals surface area contributed by atoms with Crippen LogP contribution in [0.25, 0.3) is 0 Å². The van der Waals surface area contributed by atoms with Gasteiger partial charge in [0.15, 0.2) is 0 Å². The number of nitrogens with zero attached hydrogens (tertiary/aromatic N) is 1. The van der Waals surface area contributed by atoms with Gasteiger partial charge in [0.25, 0.3) is 0 Å². The Kier molecular flexibility index (Phi) is 2.53. The highest BCUT2D eigenvalue weighted by molar-refractivity contribution is 5.73. The molecule has 0 spiro atoms. The van der Waals surface area contributed by atoms with Crippen LogP contribution in [0.2, 0.25) is 0 Å². The lowest BCUT2D eigenvalue weighted by Gasteiger charge is -2.35. The van der Waals surface area contributed by atoms with E-state index >= 15 is 0 Å². The first-order chi connectivity index (χ1) is 5.11. The van der Waals surface area contributed by atoms with Gasteiger partial charge in [-0.15, -0.1) is 0 Å². The van der Waals surface area contributed by atoms with Crippen LogP contribution in [-0.2, 0) is 4.79 Å². The highest BCUT2D eigenvalue weighted by Crippen LogP contribution is 2.21. The Hall–Kier alpha value is -0.530. The average Bonchev–Trinajstić information content (AvgIpc) is 1.85. The van der Waals surface area contributed by atoms with Gasteiger partial charge < -0.3 is 4.90 Å². The second-order valence-corrected chi connectivity index (χ2v) is 3.69. The topological polar surface area (TPSA) is 20.3 Å². The predicted molar refractivity (Wildman–Crippen MR) is 45.2 cm³/mol. The summed E-state index contributed by atoms with van der Waals surface area (Å²) in [5.41, 5.74) is 0. The van der Waals surface area contributed by atoms with E-state index in [9.17, 15) is 4.79 Å². The van der Waals surface area contributed by atoms with Crippen molar-refractivity contribution >= 4 is 5.91 Å². The summed E-state index contributed by atoms with van der Waals surface area (Å²) >= 11 is 0. The van der Waals surface area contributed by atoms with Crippen LogP contribution in [0.5, 0.6) is 0 Å².